The first-order valence-corrected chi connectivity index (χ1v) is 6.63. The van der Waals surface area contributed by atoms with Gasteiger partial charge in [-0.05, 0) is 26.0 Å². The van der Waals surface area contributed by atoms with Crippen LogP contribution >= 0.6 is 11.6 Å². The van der Waals surface area contributed by atoms with E-state index in [2.05, 4.69) is 10.4 Å². The maximum absolute atomic E-state index is 12.4. The zero-order valence-corrected chi connectivity index (χ0v) is 12.4. The third-order valence-corrected chi connectivity index (χ3v) is 3.38. The Kier molecular flexibility index (Phi) is 4.29. The number of anilines is 1. The van der Waals surface area contributed by atoms with Gasteiger partial charge < -0.3 is 10.1 Å². The van der Waals surface area contributed by atoms with Gasteiger partial charge in [0.1, 0.15) is 11.4 Å². The van der Waals surface area contributed by atoms with Gasteiger partial charge in [-0.15, -0.1) is 0 Å². The summed E-state index contributed by atoms with van der Waals surface area (Å²) in [4.78, 5) is 12.4. The second-order valence-electron chi connectivity index (χ2n) is 4.22. The topological polar surface area (TPSA) is 56.2 Å². The molecule has 1 aromatic heterocycles. The number of aryl methyl sites for hydroxylation is 2. The number of halogens is 1. The van der Waals surface area contributed by atoms with Gasteiger partial charge in [0.15, 0.2) is 0 Å². The zero-order valence-electron chi connectivity index (χ0n) is 11.6. The number of carbonyl (C=O) groups is 1. The average Bonchev–Trinajstić information content (AvgIpc) is 2.74. The molecule has 0 bridgehead atoms. The highest BCUT2D eigenvalue weighted by Gasteiger charge is 2.20. The average molecular weight is 294 g/mol. The third-order valence-electron chi connectivity index (χ3n) is 2.92. The number of nitrogens with one attached hydrogen (secondary N) is 1. The number of nitrogens with zero attached hydrogens (tertiary/aromatic N) is 2. The number of ether oxygens (including phenoxy) is 1. The Labute approximate surface area is 122 Å². The predicted octanol–water partition coefficient (Wildman–Crippen LogP) is 3.13. The maximum Gasteiger partial charge on any atom is 0.275 e. The van der Waals surface area contributed by atoms with Gasteiger partial charge in [-0.25, -0.2) is 0 Å². The molecule has 2 aromatic rings. The summed E-state index contributed by atoms with van der Waals surface area (Å²) in [5.74, 6) is 0.290. The van der Waals surface area contributed by atoms with Gasteiger partial charge in [0.2, 0.25) is 0 Å². The summed E-state index contributed by atoms with van der Waals surface area (Å²) < 4.78 is 6.79. The quantitative estimate of drug-likeness (QED) is 0.942. The van der Waals surface area contributed by atoms with Crippen molar-refractivity contribution < 1.29 is 9.53 Å². The molecule has 0 aliphatic carbocycles. The largest absolute Gasteiger partial charge is 0.495 e. The Hall–Kier alpha value is -2.01. The summed E-state index contributed by atoms with van der Waals surface area (Å²) in [5.41, 5.74) is 1.59. The number of hydrogen-bond acceptors (Lipinski definition) is 3. The number of aromatic nitrogens is 2. The second-order valence-corrected chi connectivity index (χ2v) is 4.60. The molecular formula is C14H16ClN3O2. The molecule has 1 heterocycles. The first kappa shape index (κ1) is 14.4. The van der Waals surface area contributed by atoms with E-state index in [-0.39, 0.29) is 5.91 Å². The van der Waals surface area contributed by atoms with Crippen LogP contribution in [-0.4, -0.2) is 22.8 Å². The van der Waals surface area contributed by atoms with Crippen LogP contribution in [0.3, 0.4) is 0 Å². The Morgan fingerprint density at radius 2 is 2.15 bits per heavy atom. The number of para-hydroxylation sites is 2. The normalized spacial score (nSPS) is 10.4. The SMILES string of the molecule is CCn1nc(C)c(Cl)c1C(=O)Nc1ccccc1OC. The molecule has 0 fully saturated rings. The van der Waals surface area contributed by atoms with Crippen LogP contribution in [0.25, 0.3) is 0 Å². The van der Waals surface area contributed by atoms with Crippen molar-refractivity contribution in [1.29, 1.82) is 0 Å². The highest BCUT2D eigenvalue weighted by Crippen LogP contribution is 2.26. The highest BCUT2D eigenvalue weighted by molar-refractivity contribution is 6.34. The Morgan fingerprint density at radius 1 is 1.45 bits per heavy atom. The third kappa shape index (κ3) is 2.63. The van der Waals surface area contributed by atoms with Crippen LogP contribution in [0.4, 0.5) is 5.69 Å². The molecule has 20 heavy (non-hydrogen) atoms. The van der Waals surface area contributed by atoms with Crippen molar-refractivity contribution in [3.05, 3.63) is 40.7 Å². The lowest BCUT2D eigenvalue weighted by Crippen LogP contribution is -2.18. The summed E-state index contributed by atoms with van der Waals surface area (Å²) in [6.07, 6.45) is 0. The van der Waals surface area contributed by atoms with Crippen LogP contribution in [0.5, 0.6) is 5.75 Å². The van der Waals surface area contributed by atoms with Gasteiger partial charge in [0.25, 0.3) is 5.91 Å². The minimum atomic E-state index is -0.304. The van der Waals surface area contributed by atoms with Crippen molar-refractivity contribution in [3.63, 3.8) is 0 Å². The molecule has 0 aliphatic rings. The molecule has 0 saturated carbocycles. The van der Waals surface area contributed by atoms with E-state index < -0.39 is 0 Å². The molecule has 0 atom stereocenters. The molecule has 0 radical (unpaired) electrons. The van der Waals surface area contributed by atoms with E-state index in [0.717, 1.165) is 0 Å². The molecule has 6 heteroatoms. The predicted molar refractivity (Wildman–Crippen MR) is 78.6 cm³/mol. The first-order chi connectivity index (χ1) is 9.58. The van der Waals surface area contributed by atoms with Crippen molar-refractivity contribution in [3.8, 4) is 5.75 Å². The van der Waals surface area contributed by atoms with Crippen molar-refractivity contribution in [2.45, 2.75) is 20.4 Å². The van der Waals surface area contributed by atoms with Crippen LogP contribution < -0.4 is 10.1 Å². The van der Waals surface area contributed by atoms with Gasteiger partial charge in [-0.3, -0.25) is 9.48 Å². The Bertz CT molecular complexity index is 637. The number of carbonyl (C=O) groups excluding carboxylic acids is 1. The first-order valence-electron chi connectivity index (χ1n) is 6.25. The number of hydrogen-bond donors (Lipinski definition) is 1. The van der Waals surface area contributed by atoms with Crippen molar-refractivity contribution in [2.24, 2.45) is 0 Å². The van der Waals surface area contributed by atoms with E-state index in [4.69, 9.17) is 16.3 Å². The summed E-state index contributed by atoms with van der Waals surface area (Å²) in [5, 5.41) is 7.40. The van der Waals surface area contributed by atoms with Crippen LogP contribution in [0.1, 0.15) is 23.1 Å². The fourth-order valence-corrected chi connectivity index (χ4v) is 2.16. The van der Waals surface area contributed by atoms with Gasteiger partial charge in [0.05, 0.1) is 23.5 Å². The Morgan fingerprint density at radius 3 is 2.80 bits per heavy atom. The van der Waals surface area contributed by atoms with Crippen molar-refractivity contribution >= 4 is 23.2 Å². The molecule has 106 valence electrons. The minimum Gasteiger partial charge on any atom is -0.495 e. The lowest BCUT2D eigenvalue weighted by Gasteiger charge is -2.10. The number of methoxy groups -OCH3 is 1. The van der Waals surface area contributed by atoms with E-state index in [1.54, 1.807) is 30.8 Å². The summed E-state index contributed by atoms with van der Waals surface area (Å²) in [7, 11) is 1.55. The van der Waals surface area contributed by atoms with Gasteiger partial charge in [-0.2, -0.15) is 5.10 Å². The van der Waals surface area contributed by atoms with Crippen molar-refractivity contribution in [1.82, 2.24) is 9.78 Å². The highest BCUT2D eigenvalue weighted by atomic mass is 35.5. The standard InChI is InChI=1S/C14H16ClN3O2/c1-4-18-13(12(15)9(2)17-18)14(19)16-10-7-5-6-8-11(10)20-3/h5-8H,4H2,1-3H3,(H,16,19). The number of rotatable bonds is 4. The fraction of sp³-hybridized carbons (Fsp3) is 0.286. The van der Waals surface area contributed by atoms with Crippen molar-refractivity contribution in [2.75, 3.05) is 12.4 Å². The van der Waals surface area contributed by atoms with Crippen LogP contribution in [-0.2, 0) is 6.54 Å². The number of amides is 1. The molecular weight excluding hydrogens is 278 g/mol. The molecule has 1 N–H and O–H groups in total. The molecule has 2 rings (SSSR count). The van der Waals surface area contributed by atoms with Gasteiger partial charge in [0, 0.05) is 6.54 Å². The molecule has 0 aliphatic heterocycles. The zero-order chi connectivity index (χ0) is 14.7. The second kappa shape index (κ2) is 5.96. The monoisotopic (exact) mass is 293 g/mol. The molecule has 5 nitrogen and oxygen atoms in total. The van der Waals surface area contributed by atoms with Gasteiger partial charge in [-0.1, -0.05) is 23.7 Å². The van der Waals surface area contributed by atoms with Crippen LogP contribution in [0, 0.1) is 6.92 Å². The van der Waals surface area contributed by atoms with Gasteiger partial charge >= 0.3 is 0 Å². The summed E-state index contributed by atoms with van der Waals surface area (Å²) in [6, 6.07) is 7.20. The molecule has 1 amide bonds. The smallest absolute Gasteiger partial charge is 0.275 e. The maximum atomic E-state index is 12.4. The van der Waals surface area contributed by atoms with E-state index >= 15 is 0 Å². The Balaban J connectivity index is 2.33. The van der Waals surface area contributed by atoms with E-state index in [9.17, 15) is 4.79 Å². The van der Waals surface area contributed by atoms with E-state index in [1.807, 2.05) is 19.1 Å². The molecule has 0 spiro atoms. The summed E-state index contributed by atoms with van der Waals surface area (Å²) >= 11 is 6.15. The lowest BCUT2D eigenvalue weighted by atomic mass is 10.2. The molecule has 0 unspecified atom stereocenters. The molecule has 1 aromatic carbocycles. The lowest BCUT2D eigenvalue weighted by molar-refractivity contribution is 0.101. The molecule has 0 saturated heterocycles. The summed E-state index contributed by atoms with van der Waals surface area (Å²) in [6.45, 7) is 4.25. The van der Waals surface area contributed by atoms with E-state index in [1.165, 1.54) is 0 Å². The minimum absolute atomic E-state index is 0.304. The fourth-order valence-electron chi connectivity index (χ4n) is 1.93. The number of benzene rings is 1. The van der Waals surface area contributed by atoms with Crippen LogP contribution in [0.15, 0.2) is 24.3 Å². The van der Waals surface area contributed by atoms with Crippen LogP contribution in [0.2, 0.25) is 5.02 Å². The van der Waals surface area contributed by atoms with E-state index in [0.29, 0.717) is 34.4 Å².